The number of ether oxygens (including phenoxy) is 16. The van der Waals surface area contributed by atoms with E-state index >= 15 is 19.2 Å². The molecule has 0 bridgehead atoms. The van der Waals surface area contributed by atoms with Crippen LogP contribution in [-0.4, -0.2) is 260 Å². The fourth-order valence-electron chi connectivity index (χ4n) is 18.0. The zero-order chi connectivity index (χ0) is 97.3. The summed E-state index contributed by atoms with van der Waals surface area (Å²) in [6.45, 7) is 40.9. The fourth-order valence-corrected chi connectivity index (χ4v) is 45.7. The van der Waals surface area contributed by atoms with E-state index in [1.807, 2.05) is 13.8 Å². The van der Waals surface area contributed by atoms with Crippen LogP contribution in [0.5, 0.6) is 0 Å². The number of hydrogen-bond acceptors (Lipinski definition) is 30. The maximum absolute atomic E-state index is 15.6. The Morgan fingerprint density at radius 1 is 0.359 bits per heavy atom. The van der Waals surface area contributed by atoms with E-state index in [1.165, 1.54) is 70.6 Å². The first-order valence-electron chi connectivity index (χ1n) is 46.3. The van der Waals surface area contributed by atoms with Gasteiger partial charge in [-0.1, -0.05) is 179 Å². The molecule has 0 aromatic heterocycles. The van der Waals surface area contributed by atoms with Crippen LogP contribution in [0.2, 0.25) is 81.8 Å². The molecule has 128 heavy (non-hydrogen) atoms. The third kappa shape index (κ3) is 45.7. The van der Waals surface area contributed by atoms with Crippen molar-refractivity contribution in [3.8, 4) is 0 Å². The Morgan fingerprint density at radius 3 is 1.18 bits per heavy atom. The van der Waals surface area contributed by atoms with Crippen LogP contribution >= 0.6 is 0 Å². The van der Waals surface area contributed by atoms with Crippen LogP contribution in [0.25, 0.3) is 0 Å². The summed E-state index contributed by atoms with van der Waals surface area (Å²) in [5.74, 6) is -13.8. The molecule has 2 N–H and O–H groups in total. The molecule has 0 saturated carbocycles. The second kappa shape index (κ2) is 59.2. The molecule has 8 atom stereocenters. The van der Waals surface area contributed by atoms with Crippen LogP contribution in [0.15, 0.2) is 30.3 Å². The van der Waals surface area contributed by atoms with Gasteiger partial charge in [0, 0.05) is 37.1 Å². The first-order valence-corrected chi connectivity index (χ1v) is 60.0. The minimum atomic E-state index is -1.91. The van der Waals surface area contributed by atoms with Crippen LogP contribution < -0.4 is 0 Å². The monoisotopic (exact) mass is 1890 g/mol. The van der Waals surface area contributed by atoms with Crippen molar-refractivity contribution in [1.82, 2.24) is 0 Å². The Kier molecular flexibility index (Phi) is 55.3. The van der Waals surface area contributed by atoms with E-state index in [0.29, 0.717) is 31.2 Å². The van der Waals surface area contributed by atoms with E-state index < -0.39 is 206 Å². The number of methoxy groups -OCH3 is 1. The van der Waals surface area contributed by atoms with Crippen LogP contribution in [-0.2, 0) is 133 Å². The number of aliphatic hydroxyl groups is 2. The second-order valence-electron chi connectivity index (χ2n) is 40.4. The predicted octanol–water partition coefficient (Wildman–Crippen LogP) is 15.1. The third-order valence-electron chi connectivity index (χ3n) is 23.4. The number of benzene rings is 1. The van der Waals surface area contributed by atoms with E-state index in [4.69, 9.17) is 75.8 Å². The molecule has 0 spiro atoms. The topological polar surface area (TPSA) is 393 Å². The molecule has 0 saturated heterocycles. The van der Waals surface area contributed by atoms with Crippen LogP contribution in [0, 0.1) is 49.7 Å². The molecule has 1 aromatic carbocycles. The lowest BCUT2D eigenvalue weighted by molar-refractivity contribution is -0.175. The van der Waals surface area contributed by atoms with Gasteiger partial charge in [0.2, 0.25) is 0 Å². The zero-order valence-corrected chi connectivity index (χ0v) is 86.6. The Labute approximate surface area is 768 Å². The van der Waals surface area contributed by atoms with Crippen molar-refractivity contribution in [2.24, 2.45) is 49.7 Å². The maximum Gasteiger partial charge on any atom is 0.417 e. The molecule has 0 heterocycles. The number of esters is 12. The van der Waals surface area contributed by atoms with Gasteiger partial charge in [-0.05, 0) is 157 Å². The van der Waals surface area contributed by atoms with Gasteiger partial charge in [-0.15, -0.1) is 0 Å². The summed E-state index contributed by atoms with van der Waals surface area (Å²) in [6, 6.07) is 12.6. The van der Waals surface area contributed by atoms with Gasteiger partial charge in [0.1, 0.15) is 52.9 Å². The molecule has 0 fully saturated rings. The summed E-state index contributed by atoms with van der Waals surface area (Å²) in [5.41, 5.74) is -9.10. The minimum absolute atomic E-state index is 0.0228. The number of aliphatic hydroxyl groups excluding tert-OH is 2. The lowest BCUT2D eigenvalue weighted by Gasteiger charge is -2.43. The van der Waals surface area contributed by atoms with E-state index in [-0.39, 0.29) is 137 Å². The molecule has 0 aliphatic heterocycles. The second-order valence-corrected chi connectivity index (χ2v) is 62.3. The summed E-state index contributed by atoms with van der Waals surface area (Å²) in [7, 11) is -4.62. The zero-order valence-electron chi connectivity index (χ0n) is 82.6. The molecule has 8 unspecified atom stereocenters. The summed E-state index contributed by atoms with van der Waals surface area (Å²) >= 11 is 0. The molecule has 34 heteroatoms. The third-order valence-corrected chi connectivity index (χ3v) is 44.8. The van der Waals surface area contributed by atoms with Gasteiger partial charge in [0.05, 0.1) is 132 Å². The van der Waals surface area contributed by atoms with Gasteiger partial charge in [0.15, 0.2) is 0 Å². The SMILES string of the molecule is CCCC[Si](C)(C)C[Si](C)(C)CCCOCCOC(=O)C(=O)OCCOCCOC(=O)C(C)(CC(C)(C)C(=O)OCCOCCO)CC(C)(CC(C)(CC(CC(CC(C)(CC(C)(CC(C)(CC)C(=O)OCCOC(=O)C(=O)OCCOC[Si](C)(C)C[Si](C)(C)CCCC)C(=O)OCCO)C(=O)OC)c1ccccc1)C(=O)OCC)C(=O)OCCC(C)C)C(=O)OCCC. The largest absolute Gasteiger partial charge is 0.469 e. The Bertz CT molecular complexity index is 3520. The molecule has 1 aromatic rings. The van der Waals surface area contributed by atoms with E-state index in [1.54, 1.807) is 85.7 Å². The Morgan fingerprint density at radius 2 is 0.727 bits per heavy atom. The number of carbonyl (C=O) groups is 12. The summed E-state index contributed by atoms with van der Waals surface area (Å²) in [5, 5.41) is 19.3. The maximum atomic E-state index is 15.6. The Hall–Kier alpha value is -6.51. The average molecular weight is 1890 g/mol. The highest BCUT2D eigenvalue weighted by Gasteiger charge is 2.57. The number of rotatable bonds is 70. The van der Waals surface area contributed by atoms with Gasteiger partial charge in [-0.25, -0.2) is 19.2 Å². The minimum Gasteiger partial charge on any atom is -0.469 e. The average Bonchev–Trinajstić information content (AvgIpc) is 0.771. The normalized spacial score (nSPS) is 15.4. The smallest absolute Gasteiger partial charge is 0.417 e. The number of hydrogen-bond donors (Lipinski definition) is 2. The van der Waals surface area contributed by atoms with Crippen molar-refractivity contribution in [3.05, 3.63) is 35.9 Å². The van der Waals surface area contributed by atoms with Gasteiger partial charge < -0.3 is 86.0 Å². The molecule has 0 aliphatic rings. The molecule has 0 amide bonds. The van der Waals surface area contributed by atoms with Crippen LogP contribution in [0.3, 0.4) is 0 Å². The first-order chi connectivity index (χ1) is 59.8. The van der Waals surface area contributed by atoms with Crippen molar-refractivity contribution in [3.63, 3.8) is 0 Å². The van der Waals surface area contributed by atoms with Gasteiger partial charge in [-0.3, -0.25) is 38.4 Å². The molecule has 30 nitrogen and oxygen atoms in total. The van der Waals surface area contributed by atoms with Crippen LogP contribution in [0.4, 0.5) is 0 Å². The summed E-state index contributed by atoms with van der Waals surface area (Å²) in [6.07, 6.45) is 4.31. The van der Waals surface area contributed by atoms with Crippen molar-refractivity contribution >= 4 is 104 Å². The first kappa shape index (κ1) is 119. The van der Waals surface area contributed by atoms with Gasteiger partial charge in [0.25, 0.3) is 0 Å². The van der Waals surface area contributed by atoms with Crippen LogP contribution in [0.1, 0.15) is 218 Å². The quantitative estimate of drug-likeness (QED) is 0.0201. The molecular weight excluding hydrogens is 1720 g/mol. The number of carbonyl (C=O) groups excluding carboxylic acids is 12. The van der Waals surface area contributed by atoms with Gasteiger partial charge in [-0.2, -0.15) is 0 Å². The van der Waals surface area contributed by atoms with Crippen molar-refractivity contribution in [2.75, 3.05) is 145 Å². The van der Waals surface area contributed by atoms with Gasteiger partial charge >= 0.3 is 71.6 Å². The Balaban J connectivity index is 3.95. The molecule has 738 valence electrons. The highest BCUT2D eigenvalue weighted by Crippen LogP contribution is 2.54. The van der Waals surface area contributed by atoms with Crippen molar-refractivity contribution in [2.45, 2.75) is 294 Å². The van der Waals surface area contributed by atoms with E-state index in [2.05, 4.69) is 66.2 Å². The number of unbranched alkanes of at least 4 members (excludes halogenated alkanes) is 2. The molecule has 1 rings (SSSR count). The standard InChI is InChI=1S/C94H166O30Si4/c1-25-30-58-125(17,18)70-127(21,22)60-35-42-110-46-51-115-77(98)78(99)116-52-47-112-49-55-123-85(106)92(13,64-88(8,9)81(102)122-54-48-111-44-39-95)68-94(15,86(107)119-41-27-3)67-91(12,84(105)120-43-38-72(6)7)63-75(76(97)114-29-5)61-74(73-36-33-32-34-37-73)62-90(11,82(103)109-16)66-93(14,87(108)121-45-40-96)65-89(10,28-4)83(104)124-57-56-118-80(101)79(100)117-53-50-113-69-128(23,24)71-126(19,20)59-31-26-2/h32-34,36-37,72,74-75,95-96H,25-31,35,38-71H2,1-24H3. The lowest BCUT2D eigenvalue weighted by Crippen LogP contribution is -2.48. The highest BCUT2D eigenvalue weighted by atomic mass is 28.4. The van der Waals surface area contributed by atoms with Crippen molar-refractivity contribution in [1.29, 1.82) is 0 Å². The van der Waals surface area contributed by atoms with E-state index in [9.17, 15) is 48.6 Å². The highest BCUT2D eigenvalue weighted by molar-refractivity contribution is 6.95. The molecular formula is C94H166O30Si4. The lowest BCUT2D eigenvalue weighted by atomic mass is 9.60. The predicted molar refractivity (Wildman–Crippen MR) is 496 cm³/mol. The van der Waals surface area contributed by atoms with E-state index in [0.717, 1.165) is 18.9 Å². The fraction of sp³-hybridized carbons (Fsp3) is 0.809. The molecule has 0 radical (unpaired) electrons. The summed E-state index contributed by atoms with van der Waals surface area (Å²) < 4.78 is 89.9. The van der Waals surface area contributed by atoms with Crippen molar-refractivity contribution < 1.29 is 144 Å². The molecule has 0 aliphatic carbocycles. The summed E-state index contributed by atoms with van der Waals surface area (Å²) in [4.78, 5) is 171.